The first-order valence-corrected chi connectivity index (χ1v) is 9.63. The van der Waals surface area contributed by atoms with Gasteiger partial charge in [0.05, 0.1) is 29.4 Å². The molecule has 1 aliphatic heterocycles. The Morgan fingerprint density at radius 2 is 1.85 bits per heavy atom. The fraction of sp³-hybridized carbons (Fsp3) is 0.350. The minimum absolute atomic E-state index is 0.0204. The molecule has 2 aromatic rings. The summed E-state index contributed by atoms with van der Waals surface area (Å²) in [5.74, 6) is 0.810. The summed E-state index contributed by atoms with van der Waals surface area (Å²) in [5, 5.41) is 4.12. The highest BCUT2D eigenvalue weighted by atomic mass is 35.5. The zero-order valence-corrected chi connectivity index (χ0v) is 16.8. The zero-order chi connectivity index (χ0) is 19.2. The van der Waals surface area contributed by atoms with E-state index in [1.54, 1.807) is 13.2 Å². The Hall–Kier alpha value is -1.95. The van der Waals surface area contributed by atoms with Gasteiger partial charge in [-0.05, 0) is 29.8 Å². The van der Waals surface area contributed by atoms with Gasteiger partial charge in [0.1, 0.15) is 5.75 Å². The van der Waals surface area contributed by atoms with E-state index >= 15 is 0 Å². The van der Waals surface area contributed by atoms with E-state index in [9.17, 15) is 4.79 Å². The van der Waals surface area contributed by atoms with Gasteiger partial charge in [-0.25, -0.2) is 0 Å². The third kappa shape index (κ3) is 5.28. The first-order chi connectivity index (χ1) is 13.1. The number of anilines is 1. The summed E-state index contributed by atoms with van der Waals surface area (Å²) in [7, 11) is 1.63. The van der Waals surface area contributed by atoms with Crippen molar-refractivity contribution in [3.05, 3.63) is 58.1 Å². The van der Waals surface area contributed by atoms with Crippen LogP contribution in [0.15, 0.2) is 42.5 Å². The summed E-state index contributed by atoms with van der Waals surface area (Å²) >= 11 is 12.4. The molecule has 0 unspecified atom stereocenters. The number of piperazine rings is 1. The monoisotopic (exact) mass is 407 g/mol. The van der Waals surface area contributed by atoms with Crippen molar-refractivity contribution in [2.24, 2.45) is 0 Å². The van der Waals surface area contributed by atoms with Crippen LogP contribution >= 0.6 is 23.2 Å². The van der Waals surface area contributed by atoms with Crippen molar-refractivity contribution in [2.45, 2.75) is 6.54 Å². The summed E-state index contributed by atoms with van der Waals surface area (Å²) in [6.07, 6.45) is 0. The zero-order valence-electron chi connectivity index (χ0n) is 15.3. The van der Waals surface area contributed by atoms with E-state index in [0.717, 1.165) is 43.2 Å². The summed E-state index contributed by atoms with van der Waals surface area (Å²) in [6, 6.07) is 13.4. The SMILES string of the molecule is COc1cccc(CNC(=O)CN2CCN(c3cccc(Cl)c3Cl)CC2)c1. The Balaban J connectivity index is 1.46. The first-order valence-electron chi connectivity index (χ1n) is 8.88. The average Bonchev–Trinajstić information content (AvgIpc) is 2.69. The van der Waals surface area contributed by atoms with Gasteiger partial charge in [-0.3, -0.25) is 9.69 Å². The van der Waals surface area contributed by atoms with E-state index in [4.69, 9.17) is 27.9 Å². The topological polar surface area (TPSA) is 44.8 Å². The minimum atomic E-state index is 0.0204. The molecule has 1 amide bonds. The largest absolute Gasteiger partial charge is 0.497 e. The smallest absolute Gasteiger partial charge is 0.234 e. The van der Waals surface area contributed by atoms with Gasteiger partial charge in [0, 0.05) is 32.7 Å². The van der Waals surface area contributed by atoms with Crippen LogP contribution in [-0.2, 0) is 11.3 Å². The van der Waals surface area contributed by atoms with E-state index < -0.39 is 0 Å². The Bertz CT molecular complexity index is 793. The highest BCUT2D eigenvalue weighted by Gasteiger charge is 2.21. The van der Waals surface area contributed by atoms with Crippen molar-refractivity contribution in [3.63, 3.8) is 0 Å². The molecular weight excluding hydrogens is 385 g/mol. The summed E-state index contributed by atoms with van der Waals surface area (Å²) in [6.45, 7) is 4.10. The number of nitrogens with zero attached hydrogens (tertiary/aromatic N) is 2. The Labute approximate surface area is 169 Å². The third-order valence-corrected chi connectivity index (χ3v) is 5.44. The normalized spacial score (nSPS) is 14.9. The fourth-order valence-corrected chi connectivity index (χ4v) is 3.54. The second kappa shape index (κ2) is 9.31. The van der Waals surface area contributed by atoms with E-state index in [1.165, 1.54) is 0 Å². The number of ether oxygens (including phenoxy) is 1. The van der Waals surface area contributed by atoms with Crippen LogP contribution in [0.5, 0.6) is 5.75 Å². The van der Waals surface area contributed by atoms with Crippen molar-refractivity contribution in [2.75, 3.05) is 44.7 Å². The highest BCUT2D eigenvalue weighted by molar-refractivity contribution is 6.43. The van der Waals surface area contributed by atoms with Crippen molar-refractivity contribution >= 4 is 34.8 Å². The van der Waals surface area contributed by atoms with E-state index in [2.05, 4.69) is 15.1 Å². The van der Waals surface area contributed by atoms with Crippen molar-refractivity contribution < 1.29 is 9.53 Å². The molecule has 1 fully saturated rings. The van der Waals surface area contributed by atoms with E-state index in [-0.39, 0.29) is 5.91 Å². The van der Waals surface area contributed by atoms with Crippen LogP contribution in [0, 0.1) is 0 Å². The Morgan fingerprint density at radius 1 is 1.11 bits per heavy atom. The number of benzene rings is 2. The highest BCUT2D eigenvalue weighted by Crippen LogP contribution is 2.32. The lowest BCUT2D eigenvalue weighted by molar-refractivity contribution is -0.122. The lowest BCUT2D eigenvalue weighted by Crippen LogP contribution is -2.49. The predicted octanol–water partition coefficient (Wildman–Crippen LogP) is 3.44. The molecule has 144 valence electrons. The Kier molecular flexibility index (Phi) is 6.83. The molecule has 5 nitrogen and oxygen atoms in total. The minimum Gasteiger partial charge on any atom is -0.497 e. The number of carbonyl (C=O) groups excluding carboxylic acids is 1. The molecule has 0 saturated carbocycles. The molecule has 0 spiro atoms. The summed E-state index contributed by atoms with van der Waals surface area (Å²) in [5.41, 5.74) is 1.97. The molecule has 0 aliphatic carbocycles. The second-order valence-electron chi connectivity index (χ2n) is 6.46. The van der Waals surface area contributed by atoms with Crippen LogP contribution in [-0.4, -0.2) is 50.6 Å². The van der Waals surface area contributed by atoms with Gasteiger partial charge >= 0.3 is 0 Å². The van der Waals surface area contributed by atoms with Crippen LogP contribution in [0.2, 0.25) is 10.0 Å². The lowest BCUT2D eigenvalue weighted by Gasteiger charge is -2.36. The number of halogens is 2. The molecule has 0 bridgehead atoms. The molecule has 0 aromatic heterocycles. The number of nitrogens with one attached hydrogen (secondary N) is 1. The number of methoxy groups -OCH3 is 1. The lowest BCUT2D eigenvalue weighted by atomic mass is 10.2. The van der Waals surface area contributed by atoms with Crippen molar-refractivity contribution in [1.82, 2.24) is 10.2 Å². The van der Waals surface area contributed by atoms with Crippen LogP contribution in [0.1, 0.15) is 5.56 Å². The second-order valence-corrected chi connectivity index (χ2v) is 7.25. The van der Waals surface area contributed by atoms with Gasteiger partial charge in [-0.1, -0.05) is 41.4 Å². The van der Waals surface area contributed by atoms with Gasteiger partial charge in [0.2, 0.25) is 5.91 Å². The quantitative estimate of drug-likeness (QED) is 0.796. The third-order valence-electron chi connectivity index (χ3n) is 4.64. The molecule has 3 rings (SSSR count). The van der Waals surface area contributed by atoms with Crippen LogP contribution in [0.3, 0.4) is 0 Å². The molecule has 1 N–H and O–H groups in total. The van der Waals surface area contributed by atoms with Crippen molar-refractivity contribution in [3.8, 4) is 5.75 Å². The first kappa shape index (κ1) is 19.8. The van der Waals surface area contributed by atoms with Crippen LogP contribution in [0.4, 0.5) is 5.69 Å². The molecular formula is C20H23Cl2N3O2. The summed E-state index contributed by atoms with van der Waals surface area (Å²) < 4.78 is 5.20. The number of rotatable bonds is 6. The molecule has 7 heteroatoms. The molecule has 0 atom stereocenters. The maximum atomic E-state index is 12.3. The van der Waals surface area contributed by atoms with E-state index in [1.807, 2.05) is 36.4 Å². The predicted molar refractivity (Wildman–Crippen MR) is 110 cm³/mol. The maximum Gasteiger partial charge on any atom is 0.234 e. The molecule has 1 aliphatic rings. The standard InChI is InChI=1S/C20H23Cl2N3O2/c1-27-16-5-2-4-15(12-16)13-23-19(26)14-24-8-10-25(11-9-24)18-7-3-6-17(21)20(18)22/h2-7,12H,8-11,13-14H2,1H3,(H,23,26). The summed E-state index contributed by atoms with van der Waals surface area (Å²) in [4.78, 5) is 16.6. The van der Waals surface area contributed by atoms with Crippen LogP contribution < -0.4 is 15.0 Å². The number of amides is 1. The fourth-order valence-electron chi connectivity index (χ4n) is 3.13. The number of carbonyl (C=O) groups is 1. The van der Waals surface area contributed by atoms with Gasteiger partial charge < -0.3 is 15.0 Å². The molecule has 27 heavy (non-hydrogen) atoms. The van der Waals surface area contributed by atoms with Gasteiger partial charge in [-0.2, -0.15) is 0 Å². The average molecular weight is 408 g/mol. The molecule has 1 saturated heterocycles. The van der Waals surface area contributed by atoms with Crippen LogP contribution in [0.25, 0.3) is 0 Å². The number of hydrogen-bond acceptors (Lipinski definition) is 4. The Morgan fingerprint density at radius 3 is 2.59 bits per heavy atom. The van der Waals surface area contributed by atoms with Gasteiger partial charge in [0.25, 0.3) is 0 Å². The molecule has 1 heterocycles. The van der Waals surface area contributed by atoms with Gasteiger partial charge in [0.15, 0.2) is 0 Å². The maximum absolute atomic E-state index is 12.3. The number of hydrogen-bond donors (Lipinski definition) is 1. The van der Waals surface area contributed by atoms with Gasteiger partial charge in [-0.15, -0.1) is 0 Å². The van der Waals surface area contributed by atoms with E-state index in [0.29, 0.717) is 23.1 Å². The van der Waals surface area contributed by atoms with Crippen molar-refractivity contribution in [1.29, 1.82) is 0 Å². The molecule has 2 aromatic carbocycles. The molecule has 0 radical (unpaired) electrons.